The predicted octanol–water partition coefficient (Wildman–Crippen LogP) is 5.04. The number of amides is 1. The summed E-state index contributed by atoms with van der Waals surface area (Å²) < 4.78 is 10.6. The molecule has 1 N–H and O–H groups in total. The van der Waals surface area contributed by atoms with Crippen LogP contribution in [0.5, 0.6) is 11.5 Å². The molecule has 4 rings (SSSR count). The highest BCUT2D eigenvalue weighted by atomic mass is 35.5. The van der Waals surface area contributed by atoms with Gasteiger partial charge in [-0.05, 0) is 74.0 Å². The quantitative estimate of drug-likeness (QED) is 0.458. The number of ether oxygens (including phenoxy) is 2. The summed E-state index contributed by atoms with van der Waals surface area (Å²) in [5.74, 6) is 1.10. The Kier molecular flexibility index (Phi) is 5.77. The summed E-state index contributed by atoms with van der Waals surface area (Å²) in [6.07, 6.45) is 0. The third kappa shape index (κ3) is 4.32. The van der Waals surface area contributed by atoms with Gasteiger partial charge in [0.05, 0.1) is 24.4 Å². The van der Waals surface area contributed by atoms with E-state index in [0.717, 1.165) is 11.3 Å². The number of halogens is 1. The minimum atomic E-state index is -0.208. The van der Waals surface area contributed by atoms with Crippen LogP contribution >= 0.6 is 11.6 Å². The molecular weight excluding hydrogens is 416 g/mol. The van der Waals surface area contributed by atoms with Crippen molar-refractivity contribution in [1.82, 2.24) is 15.0 Å². The van der Waals surface area contributed by atoms with Crippen LogP contribution in [0.3, 0.4) is 0 Å². The lowest BCUT2D eigenvalue weighted by atomic mass is 10.1. The Morgan fingerprint density at radius 1 is 1.06 bits per heavy atom. The van der Waals surface area contributed by atoms with Crippen LogP contribution in [0.1, 0.15) is 22.8 Å². The van der Waals surface area contributed by atoms with E-state index in [4.69, 9.17) is 21.1 Å². The van der Waals surface area contributed by atoms with E-state index >= 15 is 0 Å². The number of rotatable bonds is 6. The van der Waals surface area contributed by atoms with Crippen LogP contribution in [0.2, 0.25) is 5.02 Å². The minimum Gasteiger partial charge on any atom is -0.495 e. The number of hydrogen-bond donors (Lipinski definition) is 1. The highest BCUT2D eigenvalue weighted by Gasteiger charge is 2.13. The fourth-order valence-electron chi connectivity index (χ4n) is 3.16. The highest BCUT2D eigenvalue weighted by molar-refractivity contribution is 6.32. The molecule has 0 aliphatic rings. The molecule has 4 aromatic rings. The summed E-state index contributed by atoms with van der Waals surface area (Å²) in [5.41, 5.74) is 4.17. The smallest absolute Gasteiger partial charge is 0.255 e. The van der Waals surface area contributed by atoms with Gasteiger partial charge < -0.3 is 14.8 Å². The summed E-state index contributed by atoms with van der Waals surface area (Å²) in [7, 11) is 1.56. The molecule has 1 heterocycles. The lowest BCUT2D eigenvalue weighted by Gasteiger charge is -2.09. The van der Waals surface area contributed by atoms with Gasteiger partial charge in [-0.25, -0.2) is 0 Å². The maximum atomic E-state index is 12.7. The Hall–Kier alpha value is -3.58. The van der Waals surface area contributed by atoms with E-state index in [1.165, 1.54) is 4.80 Å². The molecule has 0 saturated heterocycles. The van der Waals surface area contributed by atoms with Crippen molar-refractivity contribution in [1.29, 1.82) is 0 Å². The van der Waals surface area contributed by atoms with Crippen molar-refractivity contribution >= 4 is 34.2 Å². The SMILES string of the molecule is CCOc1ccc(C(=O)Nc2cc3nn(-c4ccc(OC)c(Cl)c4)nc3cc2C)cc1. The zero-order chi connectivity index (χ0) is 22.0. The standard InChI is InChI=1S/C23H21ClN4O3/c1-4-31-17-8-5-15(6-9-17)23(29)25-19-13-21-20(11-14(19)2)26-28(27-21)16-7-10-22(30-3)18(24)12-16/h5-13H,4H2,1-3H3,(H,25,29). The Bertz CT molecular complexity index is 1250. The summed E-state index contributed by atoms with van der Waals surface area (Å²) in [4.78, 5) is 14.2. The molecule has 0 radical (unpaired) electrons. The van der Waals surface area contributed by atoms with E-state index in [-0.39, 0.29) is 5.91 Å². The average Bonchev–Trinajstić information content (AvgIpc) is 3.17. The Morgan fingerprint density at radius 2 is 1.77 bits per heavy atom. The van der Waals surface area contributed by atoms with Crippen LogP contribution in [-0.2, 0) is 0 Å². The number of benzene rings is 3. The molecule has 8 heteroatoms. The van der Waals surface area contributed by atoms with Gasteiger partial charge in [-0.2, -0.15) is 4.80 Å². The van der Waals surface area contributed by atoms with Crippen LogP contribution in [-0.4, -0.2) is 34.6 Å². The first-order valence-electron chi connectivity index (χ1n) is 9.74. The van der Waals surface area contributed by atoms with Gasteiger partial charge in [0, 0.05) is 11.3 Å². The lowest BCUT2D eigenvalue weighted by molar-refractivity contribution is 0.102. The second kappa shape index (κ2) is 8.65. The van der Waals surface area contributed by atoms with E-state index in [9.17, 15) is 4.79 Å². The number of aryl methyl sites for hydroxylation is 1. The molecule has 1 amide bonds. The monoisotopic (exact) mass is 436 g/mol. The Balaban J connectivity index is 1.60. The highest BCUT2D eigenvalue weighted by Crippen LogP contribution is 2.27. The number of nitrogens with zero attached hydrogens (tertiary/aromatic N) is 3. The van der Waals surface area contributed by atoms with Gasteiger partial charge in [-0.15, -0.1) is 10.2 Å². The molecule has 1 aromatic heterocycles. The predicted molar refractivity (Wildman–Crippen MR) is 121 cm³/mol. The molecule has 0 fully saturated rings. The zero-order valence-corrected chi connectivity index (χ0v) is 18.1. The maximum absolute atomic E-state index is 12.7. The van der Waals surface area contributed by atoms with Crippen LogP contribution in [0, 0.1) is 6.92 Å². The maximum Gasteiger partial charge on any atom is 0.255 e. The number of hydrogen-bond acceptors (Lipinski definition) is 5. The third-order valence-corrected chi connectivity index (χ3v) is 5.06. The van der Waals surface area contributed by atoms with Gasteiger partial charge >= 0.3 is 0 Å². The largest absolute Gasteiger partial charge is 0.495 e. The molecule has 7 nitrogen and oxygen atoms in total. The van der Waals surface area contributed by atoms with Crippen molar-refractivity contribution < 1.29 is 14.3 Å². The van der Waals surface area contributed by atoms with Crippen LogP contribution in [0.4, 0.5) is 5.69 Å². The number of carbonyl (C=O) groups is 1. The molecule has 0 atom stereocenters. The van der Waals surface area contributed by atoms with Crippen molar-refractivity contribution in [3.63, 3.8) is 0 Å². The summed E-state index contributed by atoms with van der Waals surface area (Å²) in [5, 5.41) is 12.5. The van der Waals surface area contributed by atoms with E-state index in [0.29, 0.717) is 45.4 Å². The fraction of sp³-hybridized carbons (Fsp3) is 0.174. The van der Waals surface area contributed by atoms with Crippen molar-refractivity contribution in [2.45, 2.75) is 13.8 Å². The molecule has 0 aliphatic heterocycles. The molecule has 158 valence electrons. The van der Waals surface area contributed by atoms with Crippen molar-refractivity contribution in [3.8, 4) is 17.2 Å². The van der Waals surface area contributed by atoms with Crippen molar-refractivity contribution in [2.24, 2.45) is 0 Å². The van der Waals surface area contributed by atoms with Crippen LogP contribution < -0.4 is 14.8 Å². The molecule has 0 bridgehead atoms. The average molecular weight is 437 g/mol. The van der Waals surface area contributed by atoms with Crippen LogP contribution in [0.25, 0.3) is 16.7 Å². The van der Waals surface area contributed by atoms with Gasteiger partial charge in [0.15, 0.2) is 0 Å². The summed E-state index contributed by atoms with van der Waals surface area (Å²) in [6, 6.07) is 16.0. The number of methoxy groups -OCH3 is 1. The van der Waals surface area contributed by atoms with Crippen molar-refractivity contribution in [3.05, 3.63) is 70.7 Å². The number of anilines is 1. The first-order chi connectivity index (χ1) is 15.0. The third-order valence-electron chi connectivity index (χ3n) is 4.77. The zero-order valence-electron chi connectivity index (χ0n) is 17.3. The van der Waals surface area contributed by atoms with Crippen molar-refractivity contribution in [2.75, 3.05) is 19.0 Å². The second-order valence-electron chi connectivity index (χ2n) is 6.88. The van der Waals surface area contributed by atoms with Gasteiger partial charge in [-0.3, -0.25) is 4.79 Å². The van der Waals surface area contributed by atoms with Gasteiger partial charge in [0.25, 0.3) is 5.91 Å². The lowest BCUT2D eigenvalue weighted by Crippen LogP contribution is -2.12. The van der Waals surface area contributed by atoms with Gasteiger partial charge in [0.2, 0.25) is 0 Å². The number of fused-ring (bicyclic) bond motifs is 1. The number of carbonyl (C=O) groups excluding carboxylic acids is 1. The Morgan fingerprint density at radius 3 is 2.42 bits per heavy atom. The second-order valence-corrected chi connectivity index (χ2v) is 7.28. The molecule has 0 aliphatic carbocycles. The normalized spacial score (nSPS) is 10.8. The van der Waals surface area contributed by atoms with E-state index in [1.807, 2.05) is 32.0 Å². The molecular formula is C23H21ClN4O3. The number of nitrogens with one attached hydrogen (secondary N) is 1. The Labute approximate surface area is 184 Å². The summed E-state index contributed by atoms with van der Waals surface area (Å²) >= 11 is 6.22. The van der Waals surface area contributed by atoms with Crippen LogP contribution in [0.15, 0.2) is 54.6 Å². The summed E-state index contributed by atoms with van der Waals surface area (Å²) in [6.45, 7) is 4.41. The first kappa shape index (κ1) is 20.7. The minimum absolute atomic E-state index is 0.208. The van der Waals surface area contributed by atoms with E-state index in [2.05, 4.69) is 15.5 Å². The number of aromatic nitrogens is 3. The van der Waals surface area contributed by atoms with E-state index in [1.54, 1.807) is 43.5 Å². The van der Waals surface area contributed by atoms with E-state index < -0.39 is 0 Å². The fourth-order valence-corrected chi connectivity index (χ4v) is 3.41. The van der Waals surface area contributed by atoms with Gasteiger partial charge in [-0.1, -0.05) is 11.6 Å². The molecule has 0 unspecified atom stereocenters. The molecule has 31 heavy (non-hydrogen) atoms. The molecule has 0 spiro atoms. The topological polar surface area (TPSA) is 78.3 Å². The first-order valence-corrected chi connectivity index (χ1v) is 10.1. The molecule has 0 saturated carbocycles. The van der Waals surface area contributed by atoms with Gasteiger partial charge in [0.1, 0.15) is 22.5 Å². The molecule has 3 aromatic carbocycles.